The van der Waals surface area contributed by atoms with Crippen LogP contribution in [0.3, 0.4) is 0 Å². The first kappa shape index (κ1) is 18.4. The van der Waals surface area contributed by atoms with Crippen LogP contribution in [0.2, 0.25) is 0 Å². The summed E-state index contributed by atoms with van der Waals surface area (Å²) in [6.07, 6.45) is 2.17. The largest absolute Gasteiger partial charge is 0.488 e. The van der Waals surface area contributed by atoms with E-state index in [9.17, 15) is 9.18 Å². The van der Waals surface area contributed by atoms with Crippen LogP contribution in [0.5, 0.6) is 5.75 Å². The van der Waals surface area contributed by atoms with E-state index >= 15 is 0 Å². The second-order valence-corrected chi connectivity index (χ2v) is 6.73. The van der Waals surface area contributed by atoms with Gasteiger partial charge >= 0.3 is 0 Å². The molecule has 4 nitrogen and oxygen atoms in total. The third-order valence-corrected chi connectivity index (χ3v) is 4.72. The molecule has 5 heteroatoms. The highest BCUT2D eigenvalue weighted by Gasteiger charge is 2.25. The number of carbonyl (C=O) groups excluding carboxylic acids is 1. The van der Waals surface area contributed by atoms with Gasteiger partial charge in [0.05, 0.1) is 5.56 Å². The molecular formula is C21H25FN2O2. The van der Waals surface area contributed by atoms with Crippen LogP contribution >= 0.6 is 0 Å². The zero-order valence-electron chi connectivity index (χ0n) is 15.1. The summed E-state index contributed by atoms with van der Waals surface area (Å²) in [6, 6.07) is 13.5. The number of amides is 1. The van der Waals surface area contributed by atoms with Crippen molar-refractivity contribution < 1.29 is 13.9 Å². The van der Waals surface area contributed by atoms with Gasteiger partial charge in [-0.05, 0) is 62.2 Å². The van der Waals surface area contributed by atoms with Crippen LogP contribution in [0.25, 0.3) is 0 Å². The maximum atomic E-state index is 13.0. The number of benzene rings is 2. The highest BCUT2D eigenvalue weighted by Crippen LogP contribution is 2.24. The number of carbonyl (C=O) groups is 1. The van der Waals surface area contributed by atoms with Crippen LogP contribution in [0.4, 0.5) is 4.39 Å². The molecule has 0 bridgehead atoms. The fourth-order valence-electron chi connectivity index (χ4n) is 3.39. The van der Waals surface area contributed by atoms with Crippen molar-refractivity contribution in [3.8, 4) is 5.75 Å². The Morgan fingerprint density at radius 3 is 2.77 bits per heavy atom. The summed E-state index contributed by atoms with van der Waals surface area (Å²) in [4.78, 5) is 14.9. The number of halogens is 1. The first-order valence-corrected chi connectivity index (χ1v) is 9.07. The van der Waals surface area contributed by atoms with Gasteiger partial charge in [0, 0.05) is 13.1 Å². The summed E-state index contributed by atoms with van der Waals surface area (Å²) in [7, 11) is 1.94. The van der Waals surface area contributed by atoms with Crippen molar-refractivity contribution in [1.82, 2.24) is 10.2 Å². The van der Waals surface area contributed by atoms with E-state index < -0.39 is 0 Å². The second-order valence-electron chi connectivity index (χ2n) is 6.73. The Bertz CT molecular complexity index is 731. The molecule has 0 saturated carbocycles. The van der Waals surface area contributed by atoms with Gasteiger partial charge < -0.3 is 15.0 Å². The van der Waals surface area contributed by atoms with Crippen LogP contribution in [0.1, 0.15) is 28.8 Å². The molecule has 138 valence electrons. The average Bonchev–Trinajstić information content (AvgIpc) is 2.68. The molecule has 0 radical (unpaired) electrons. The Kier molecular flexibility index (Phi) is 6.23. The van der Waals surface area contributed by atoms with Crippen molar-refractivity contribution in [2.24, 2.45) is 5.92 Å². The summed E-state index contributed by atoms with van der Waals surface area (Å²) in [5, 5.41) is 3.20. The molecule has 1 aliphatic heterocycles. The topological polar surface area (TPSA) is 41.6 Å². The maximum absolute atomic E-state index is 13.0. The van der Waals surface area contributed by atoms with E-state index in [0.717, 1.165) is 38.0 Å². The third kappa shape index (κ3) is 4.61. The standard InChI is InChI=1S/C21H25FN2O2/c1-23-13-17-5-4-12-24(14-17)21(25)19-6-2-3-7-20(19)26-15-16-8-10-18(22)11-9-16/h2-3,6-11,17,23H,4-5,12-15H2,1H3. The minimum atomic E-state index is -0.273. The Morgan fingerprint density at radius 1 is 1.23 bits per heavy atom. The monoisotopic (exact) mass is 356 g/mol. The van der Waals surface area contributed by atoms with Gasteiger partial charge in [0.15, 0.2) is 0 Å². The lowest BCUT2D eigenvalue weighted by Gasteiger charge is -2.33. The predicted octanol–water partition coefficient (Wildman–Crippen LogP) is 3.48. The van der Waals surface area contributed by atoms with Crippen molar-refractivity contribution >= 4 is 5.91 Å². The van der Waals surface area contributed by atoms with Crippen LogP contribution in [-0.4, -0.2) is 37.5 Å². The van der Waals surface area contributed by atoms with Gasteiger partial charge in [0.25, 0.3) is 5.91 Å². The van der Waals surface area contributed by atoms with Crippen LogP contribution in [-0.2, 0) is 6.61 Å². The highest BCUT2D eigenvalue weighted by molar-refractivity contribution is 5.97. The normalized spacial score (nSPS) is 17.2. The summed E-state index contributed by atoms with van der Waals surface area (Å²) in [6.45, 7) is 2.77. The number of piperidine rings is 1. The van der Waals surface area contributed by atoms with Gasteiger partial charge in [-0.2, -0.15) is 0 Å². The Balaban J connectivity index is 1.69. The molecule has 1 aliphatic rings. The third-order valence-electron chi connectivity index (χ3n) is 4.72. The number of ether oxygens (including phenoxy) is 1. The molecule has 1 N–H and O–H groups in total. The van der Waals surface area contributed by atoms with E-state index in [0.29, 0.717) is 23.8 Å². The van der Waals surface area contributed by atoms with Crippen molar-refractivity contribution in [3.63, 3.8) is 0 Å². The molecular weight excluding hydrogens is 331 g/mol. The number of rotatable bonds is 6. The number of nitrogens with one attached hydrogen (secondary N) is 1. The Labute approximate surface area is 154 Å². The van der Waals surface area contributed by atoms with E-state index in [4.69, 9.17) is 4.74 Å². The molecule has 1 unspecified atom stereocenters. The van der Waals surface area contributed by atoms with Gasteiger partial charge in [0.2, 0.25) is 0 Å². The fourth-order valence-corrected chi connectivity index (χ4v) is 3.39. The van der Waals surface area contributed by atoms with Crippen molar-refractivity contribution in [2.45, 2.75) is 19.4 Å². The van der Waals surface area contributed by atoms with Crippen LogP contribution < -0.4 is 10.1 Å². The minimum absolute atomic E-state index is 0.0144. The van der Waals surface area contributed by atoms with E-state index in [1.165, 1.54) is 12.1 Å². The van der Waals surface area contributed by atoms with Gasteiger partial charge in [-0.25, -0.2) is 4.39 Å². The zero-order chi connectivity index (χ0) is 18.4. The number of nitrogens with zero attached hydrogens (tertiary/aromatic N) is 1. The van der Waals surface area contributed by atoms with Crippen LogP contribution in [0.15, 0.2) is 48.5 Å². The molecule has 1 heterocycles. The molecule has 0 aromatic heterocycles. The van der Waals surface area contributed by atoms with E-state index in [1.54, 1.807) is 12.1 Å². The van der Waals surface area contributed by atoms with E-state index in [-0.39, 0.29) is 11.7 Å². The van der Waals surface area contributed by atoms with E-state index in [1.807, 2.05) is 36.2 Å². The predicted molar refractivity (Wildman–Crippen MR) is 99.7 cm³/mol. The smallest absolute Gasteiger partial charge is 0.257 e. The number of likely N-dealkylation sites (tertiary alicyclic amines) is 1. The van der Waals surface area contributed by atoms with Crippen molar-refractivity contribution in [3.05, 3.63) is 65.5 Å². The molecule has 26 heavy (non-hydrogen) atoms. The lowest BCUT2D eigenvalue weighted by Crippen LogP contribution is -2.42. The summed E-state index contributed by atoms with van der Waals surface area (Å²) >= 11 is 0. The maximum Gasteiger partial charge on any atom is 0.257 e. The Hall–Kier alpha value is -2.40. The fraction of sp³-hybridized carbons (Fsp3) is 0.381. The molecule has 1 saturated heterocycles. The highest BCUT2D eigenvalue weighted by atomic mass is 19.1. The van der Waals surface area contributed by atoms with Gasteiger partial charge in [0.1, 0.15) is 18.2 Å². The summed E-state index contributed by atoms with van der Waals surface area (Å²) in [5.74, 6) is 0.800. The average molecular weight is 356 g/mol. The zero-order valence-corrected chi connectivity index (χ0v) is 15.1. The molecule has 1 atom stereocenters. The molecule has 2 aromatic carbocycles. The van der Waals surface area contributed by atoms with Crippen molar-refractivity contribution in [1.29, 1.82) is 0 Å². The number of hydrogen-bond donors (Lipinski definition) is 1. The summed E-state index contributed by atoms with van der Waals surface area (Å²) < 4.78 is 18.9. The molecule has 2 aromatic rings. The SMILES string of the molecule is CNCC1CCCN(C(=O)c2ccccc2OCc2ccc(F)cc2)C1. The van der Waals surface area contributed by atoms with Gasteiger partial charge in [-0.3, -0.25) is 4.79 Å². The quantitative estimate of drug-likeness (QED) is 0.862. The molecule has 0 aliphatic carbocycles. The van der Waals surface area contributed by atoms with E-state index in [2.05, 4.69) is 5.32 Å². The number of hydrogen-bond acceptors (Lipinski definition) is 3. The van der Waals surface area contributed by atoms with Crippen LogP contribution in [0, 0.1) is 11.7 Å². The summed E-state index contributed by atoms with van der Waals surface area (Å²) in [5.41, 5.74) is 1.44. The minimum Gasteiger partial charge on any atom is -0.488 e. The van der Waals surface area contributed by atoms with Crippen molar-refractivity contribution in [2.75, 3.05) is 26.7 Å². The second kappa shape index (κ2) is 8.81. The number of para-hydroxylation sites is 1. The lowest BCUT2D eigenvalue weighted by atomic mass is 9.97. The van der Waals surface area contributed by atoms with Gasteiger partial charge in [-0.15, -0.1) is 0 Å². The first-order chi connectivity index (χ1) is 12.7. The molecule has 3 rings (SSSR count). The lowest BCUT2D eigenvalue weighted by molar-refractivity contribution is 0.0669. The van der Waals surface area contributed by atoms with Gasteiger partial charge in [-0.1, -0.05) is 24.3 Å². The molecule has 1 fully saturated rings. The first-order valence-electron chi connectivity index (χ1n) is 9.07. The Morgan fingerprint density at radius 2 is 2.00 bits per heavy atom. The molecule has 1 amide bonds. The molecule has 0 spiro atoms.